The maximum atomic E-state index is 11.9. The zero-order chi connectivity index (χ0) is 23.9. The van der Waals surface area contributed by atoms with Gasteiger partial charge in [0.05, 0.1) is 12.9 Å². The molecule has 1 fully saturated rings. The number of hydrogen-bond donors (Lipinski definition) is 6. The molecule has 1 aliphatic rings. The highest BCUT2D eigenvalue weighted by molar-refractivity contribution is 7.66. The van der Waals surface area contributed by atoms with Crippen LogP contribution in [0.2, 0.25) is 0 Å². The number of aliphatic hydroxyl groups is 2. The van der Waals surface area contributed by atoms with Crippen molar-refractivity contribution in [2.75, 3.05) is 19.5 Å². The number of rotatable bonds is 9. The summed E-state index contributed by atoms with van der Waals surface area (Å²) < 4.78 is 57.4. The lowest BCUT2D eigenvalue weighted by Crippen LogP contribution is -2.33. The SMILES string of the molecule is COP(=O)(O)OP(=O)(O)OP(=O)(O)OC[C@H]1O[C@@H](n2cnc3c(N)ncnc32)C(O)C1O. The minimum atomic E-state index is -5.59. The molecule has 0 spiro atoms. The van der Waals surface area contributed by atoms with E-state index in [1.165, 1.54) is 10.9 Å². The monoisotopic (exact) mass is 521 g/mol. The second kappa shape index (κ2) is 9.12. The molecule has 7 atom stereocenters. The van der Waals surface area contributed by atoms with Gasteiger partial charge in [-0.3, -0.25) is 13.6 Å². The van der Waals surface area contributed by atoms with Gasteiger partial charge in [-0.2, -0.15) is 8.62 Å². The highest BCUT2D eigenvalue weighted by Gasteiger charge is 2.47. The minimum absolute atomic E-state index is 0.0524. The fourth-order valence-corrected chi connectivity index (χ4v) is 5.92. The first kappa shape index (κ1) is 25.3. The van der Waals surface area contributed by atoms with Gasteiger partial charge in [0, 0.05) is 7.11 Å². The second-order valence-corrected chi connectivity index (χ2v) is 10.9. The highest BCUT2D eigenvalue weighted by Crippen LogP contribution is 2.67. The van der Waals surface area contributed by atoms with Crippen molar-refractivity contribution in [3.63, 3.8) is 0 Å². The minimum Gasteiger partial charge on any atom is -0.387 e. The van der Waals surface area contributed by atoms with Gasteiger partial charge in [0.1, 0.15) is 30.2 Å². The molecule has 180 valence electrons. The van der Waals surface area contributed by atoms with Crippen molar-refractivity contribution in [2.45, 2.75) is 24.5 Å². The van der Waals surface area contributed by atoms with Gasteiger partial charge in [-0.25, -0.2) is 28.6 Å². The van der Waals surface area contributed by atoms with E-state index in [4.69, 9.17) is 15.4 Å². The molecule has 0 aromatic carbocycles. The molecular formula is C11H18N5O13P3. The molecule has 0 saturated carbocycles. The Morgan fingerprint density at radius 3 is 2.38 bits per heavy atom. The van der Waals surface area contributed by atoms with Crippen LogP contribution in [0.4, 0.5) is 5.82 Å². The molecule has 3 heterocycles. The number of aromatic nitrogens is 4. The lowest BCUT2D eigenvalue weighted by Gasteiger charge is -2.19. The molecule has 2 aromatic heterocycles. The summed E-state index contributed by atoms with van der Waals surface area (Å²) >= 11 is 0. The average Bonchev–Trinajstić information content (AvgIpc) is 3.21. The molecule has 1 aliphatic heterocycles. The molecule has 0 aliphatic carbocycles. The van der Waals surface area contributed by atoms with Crippen LogP contribution in [-0.2, 0) is 36.1 Å². The fourth-order valence-electron chi connectivity index (χ4n) is 2.65. The molecule has 21 heteroatoms. The summed E-state index contributed by atoms with van der Waals surface area (Å²) in [4.78, 5) is 39.7. The number of nitrogens with zero attached hydrogens (tertiary/aromatic N) is 4. The third-order valence-corrected chi connectivity index (χ3v) is 8.28. The summed E-state index contributed by atoms with van der Waals surface area (Å²) in [5, 5.41) is 20.5. The van der Waals surface area contributed by atoms with Gasteiger partial charge < -0.3 is 35.4 Å². The first-order chi connectivity index (χ1) is 14.8. The van der Waals surface area contributed by atoms with Crippen LogP contribution < -0.4 is 5.73 Å². The highest BCUT2D eigenvalue weighted by atomic mass is 31.3. The van der Waals surface area contributed by atoms with Crippen molar-refractivity contribution in [3.05, 3.63) is 12.7 Å². The second-order valence-electron chi connectivity index (χ2n) is 6.18. The number of ether oxygens (including phenoxy) is 1. The number of phosphoric acid groups is 3. The smallest absolute Gasteiger partial charge is 0.387 e. The van der Waals surface area contributed by atoms with Crippen LogP contribution >= 0.6 is 23.5 Å². The van der Waals surface area contributed by atoms with E-state index in [1.54, 1.807) is 0 Å². The quantitative estimate of drug-likeness (QED) is 0.216. The Hall–Kier alpha value is -1.36. The van der Waals surface area contributed by atoms with Gasteiger partial charge in [-0.15, -0.1) is 0 Å². The molecule has 3 rings (SSSR count). The molecular weight excluding hydrogens is 503 g/mol. The molecule has 1 saturated heterocycles. The summed E-state index contributed by atoms with van der Waals surface area (Å²) in [7, 11) is -15.4. The molecule has 7 N–H and O–H groups in total. The van der Waals surface area contributed by atoms with E-state index in [2.05, 4.69) is 32.6 Å². The van der Waals surface area contributed by atoms with Crippen LogP contribution in [0.15, 0.2) is 12.7 Å². The molecule has 2 aromatic rings. The van der Waals surface area contributed by atoms with E-state index in [1.807, 2.05) is 0 Å². The average molecular weight is 521 g/mol. The Kier molecular flexibility index (Phi) is 7.20. The van der Waals surface area contributed by atoms with Crippen LogP contribution in [-0.4, -0.2) is 76.4 Å². The molecule has 0 radical (unpaired) electrons. The number of phosphoric ester groups is 2. The lowest BCUT2D eigenvalue weighted by molar-refractivity contribution is -0.0503. The van der Waals surface area contributed by atoms with Crippen molar-refractivity contribution >= 4 is 40.4 Å². The van der Waals surface area contributed by atoms with Gasteiger partial charge in [0.15, 0.2) is 17.7 Å². The number of fused-ring (bicyclic) bond motifs is 1. The van der Waals surface area contributed by atoms with Crippen LogP contribution in [0.3, 0.4) is 0 Å². The third-order valence-electron chi connectivity index (χ3n) is 4.04. The van der Waals surface area contributed by atoms with Crippen molar-refractivity contribution < 1.29 is 61.0 Å². The van der Waals surface area contributed by atoms with Gasteiger partial charge in [0.25, 0.3) is 0 Å². The van der Waals surface area contributed by atoms with Crippen molar-refractivity contribution in [3.8, 4) is 0 Å². The van der Waals surface area contributed by atoms with Crippen LogP contribution in [0.5, 0.6) is 0 Å². The molecule has 5 unspecified atom stereocenters. The molecule has 32 heavy (non-hydrogen) atoms. The Balaban J connectivity index is 1.68. The zero-order valence-electron chi connectivity index (χ0n) is 15.9. The number of hydrogen-bond acceptors (Lipinski definition) is 14. The van der Waals surface area contributed by atoms with E-state index >= 15 is 0 Å². The zero-order valence-corrected chi connectivity index (χ0v) is 18.6. The Morgan fingerprint density at radius 2 is 1.72 bits per heavy atom. The summed E-state index contributed by atoms with van der Waals surface area (Å²) in [5.74, 6) is 0.0524. The molecule has 18 nitrogen and oxygen atoms in total. The number of aliphatic hydroxyl groups excluding tert-OH is 2. The maximum Gasteiger partial charge on any atom is 0.490 e. The van der Waals surface area contributed by atoms with E-state index in [0.29, 0.717) is 7.11 Å². The Bertz CT molecular complexity index is 1130. The van der Waals surface area contributed by atoms with Crippen molar-refractivity contribution in [1.82, 2.24) is 19.5 Å². The number of imidazole rings is 1. The largest absolute Gasteiger partial charge is 0.490 e. The summed E-state index contributed by atoms with van der Waals surface area (Å²) in [6.07, 6.45) is -3.59. The van der Waals surface area contributed by atoms with Crippen molar-refractivity contribution in [2.24, 2.45) is 0 Å². The first-order valence-electron chi connectivity index (χ1n) is 8.31. The van der Waals surface area contributed by atoms with Gasteiger partial charge >= 0.3 is 23.5 Å². The topological polar surface area (TPSA) is 268 Å². The standard InChI is InChI=1S/C11H18N5O13P3/c1-25-30(19,20)28-32(23,24)29-31(21,22)26-2-5-7(17)8(18)11(27-5)16-4-15-6-9(12)13-3-14-10(6)16/h3-5,7-8,11,17-18H,2H2,1H3,(H,19,20)(H,21,22)(H,23,24)(H2,12,13,14)/t5-,7?,8?,11-/m1/s1. The maximum absolute atomic E-state index is 11.9. The predicted molar refractivity (Wildman–Crippen MR) is 100 cm³/mol. The van der Waals surface area contributed by atoms with E-state index in [0.717, 1.165) is 6.33 Å². The van der Waals surface area contributed by atoms with Gasteiger partial charge in [-0.1, -0.05) is 0 Å². The first-order valence-corrected chi connectivity index (χ1v) is 12.8. The summed E-state index contributed by atoms with van der Waals surface area (Å²) in [6, 6.07) is 0. The van der Waals surface area contributed by atoms with Crippen molar-refractivity contribution in [1.29, 1.82) is 0 Å². The van der Waals surface area contributed by atoms with Crippen LogP contribution in [0.1, 0.15) is 6.23 Å². The normalized spacial score (nSPS) is 29.4. The third kappa shape index (κ3) is 5.58. The number of anilines is 1. The molecule has 0 amide bonds. The van der Waals surface area contributed by atoms with Crippen LogP contribution in [0, 0.1) is 0 Å². The van der Waals surface area contributed by atoms with E-state index in [9.17, 15) is 33.7 Å². The summed E-state index contributed by atoms with van der Waals surface area (Å²) in [6.45, 7) is -0.923. The Labute approximate surface area is 178 Å². The number of nitrogens with two attached hydrogens (primary N) is 1. The van der Waals surface area contributed by atoms with E-state index < -0.39 is 54.6 Å². The van der Waals surface area contributed by atoms with Gasteiger partial charge in [-0.05, 0) is 0 Å². The fraction of sp³-hybridized carbons (Fsp3) is 0.545. The Morgan fingerprint density at radius 1 is 1.06 bits per heavy atom. The van der Waals surface area contributed by atoms with Crippen LogP contribution in [0.25, 0.3) is 11.2 Å². The molecule has 0 bridgehead atoms. The van der Waals surface area contributed by atoms with E-state index in [-0.39, 0.29) is 17.0 Å². The van der Waals surface area contributed by atoms with Gasteiger partial charge in [0.2, 0.25) is 0 Å². The lowest BCUT2D eigenvalue weighted by atomic mass is 10.1. The summed E-state index contributed by atoms with van der Waals surface area (Å²) in [5.41, 5.74) is 6.04. The predicted octanol–water partition coefficient (Wildman–Crippen LogP) is -0.975. The number of nitrogen functional groups attached to an aromatic ring is 1.